The van der Waals surface area contributed by atoms with Crippen molar-refractivity contribution in [3.05, 3.63) is 17.6 Å². The molecule has 22 heavy (non-hydrogen) atoms. The summed E-state index contributed by atoms with van der Waals surface area (Å²) in [6.45, 7) is 11.2. The molecule has 0 aliphatic carbocycles. The largest absolute Gasteiger partial charge is 0.444 e. The number of carbonyl (C=O) groups is 1. The maximum absolute atomic E-state index is 12.2. The molecule has 1 aliphatic rings. The Hall–Kier alpha value is -1.85. The molecular weight excluding hydrogens is 280 g/mol. The van der Waals surface area contributed by atoms with Gasteiger partial charge >= 0.3 is 6.09 Å². The van der Waals surface area contributed by atoms with Gasteiger partial charge < -0.3 is 14.5 Å². The first-order valence-corrected chi connectivity index (χ1v) is 7.69. The normalized spacial score (nSPS) is 18.5. The van der Waals surface area contributed by atoms with E-state index in [-0.39, 0.29) is 12.1 Å². The molecule has 1 aliphatic heterocycles. The number of amides is 1. The zero-order chi connectivity index (χ0) is 16.5. The number of nitrogens with zero attached hydrogens (tertiary/aromatic N) is 4. The maximum Gasteiger partial charge on any atom is 0.410 e. The predicted octanol–water partition coefficient (Wildman–Crippen LogP) is 2.54. The Morgan fingerprint density at radius 2 is 2.05 bits per heavy atom. The third-order valence-electron chi connectivity index (χ3n) is 3.67. The molecule has 2 rings (SSSR count). The molecule has 0 aromatic carbocycles. The molecule has 0 N–H and O–H groups in total. The number of hydrogen-bond acceptors (Lipinski definition) is 5. The van der Waals surface area contributed by atoms with Gasteiger partial charge in [-0.1, -0.05) is 0 Å². The predicted molar refractivity (Wildman–Crippen MR) is 86.1 cm³/mol. The molecule has 6 nitrogen and oxygen atoms in total. The number of aromatic nitrogens is 2. The lowest BCUT2D eigenvalue weighted by Gasteiger charge is -2.28. The highest BCUT2D eigenvalue weighted by molar-refractivity contribution is 5.68. The van der Waals surface area contributed by atoms with Crippen molar-refractivity contribution in [1.29, 1.82) is 0 Å². The molecule has 0 radical (unpaired) electrons. The Morgan fingerprint density at radius 3 is 2.64 bits per heavy atom. The molecule has 2 heterocycles. The van der Waals surface area contributed by atoms with Gasteiger partial charge in [-0.05, 0) is 41.0 Å². The summed E-state index contributed by atoms with van der Waals surface area (Å²) in [7, 11) is 1.80. The zero-order valence-corrected chi connectivity index (χ0v) is 14.4. The third kappa shape index (κ3) is 4.08. The average Bonchev–Trinajstić information content (AvgIpc) is 2.84. The Morgan fingerprint density at radius 1 is 1.36 bits per heavy atom. The molecule has 1 aromatic heterocycles. The van der Waals surface area contributed by atoms with E-state index in [0.29, 0.717) is 0 Å². The molecule has 0 unspecified atom stereocenters. The minimum absolute atomic E-state index is 0.144. The van der Waals surface area contributed by atoms with Crippen LogP contribution in [0.25, 0.3) is 0 Å². The van der Waals surface area contributed by atoms with E-state index in [1.807, 2.05) is 40.7 Å². The molecule has 122 valence electrons. The number of hydrogen-bond donors (Lipinski definition) is 0. The molecule has 1 atom stereocenters. The van der Waals surface area contributed by atoms with E-state index in [4.69, 9.17) is 4.74 Å². The van der Waals surface area contributed by atoms with Gasteiger partial charge in [0.2, 0.25) is 0 Å². The van der Waals surface area contributed by atoms with Crippen LogP contribution in [-0.4, -0.2) is 52.7 Å². The van der Waals surface area contributed by atoms with Crippen molar-refractivity contribution >= 4 is 11.9 Å². The summed E-state index contributed by atoms with van der Waals surface area (Å²) in [6.07, 6.45) is 0.645. The highest BCUT2D eigenvalue weighted by Crippen LogP contribution is 2.22. The van der Waals surface area contributed by atoms with Crippen LogP contribution in [0.4, 0.5) is 10.6 Å². The van der Waals surface area contributed by atoms with Gasteiger partial charge in [0.1, 0.15) is 17.2 Å². The first kappa shape index (κ1) is 16.5. The van der Waals surface area contributed by atoms with Crippen molar-refractivity contribution in [3.63, 3.8) is 0 Å². The summed E-state index contributed by atoms with van der Waals surface area (Å²) < 4.78 is 5.43. The fraction of sp³-hybridized carbons (Fsp3) is 0.688. The number of anilines is 1. The first-order chi connectivity index (χ1) is 10.2. The van der Waals surface area contributed by atoms with Gasteiger partial charge in [-0.2, -0.15) is 0 Å². The van der Waals surface area contributed by atoms with Crippen LogP contribution in [0.5, 0.6) is 0 Å². The van der Waals surface area contributed by atoms with Crippen molar-refractivity contribution in [1.82, 2.24) is 14.9 Å². The van der Waals surface area contributed by atoms with E-state index in [0.717, 1.165) is 36.8 Å². The molecule has 1 fully saturated rings. The number of likely N-dealkylation sites (N-methyl/N-ethyl adjacent to an activating group) is 1. The van der Waals surface area contributed by atoms with E-state index >= 15 is 0 Å². The van der Waals surface area contributed by atoms with Crippen LogP contribution >= 0.6 is 0 Å². The minimum Gasteiger partial charge on any atom is -0.444 e. The highest BCUT2D eigenvalue weighted by atomic mass is 16.6. The molecule has 6 heteroatoms. The van der Waals surface area contributed by atoms with Gasteiger partial charge in [-0.3, -0.25) is 0 Å². The van der Waals surface area contributed by atoms with Gasteiger partial charge in [-0.25, -0.2) is 14.8 Å². The summed E-state index contributed by atoms with van der Waals surface area (Å²) >= 11 is 0. The van der Waals surface area contributed by atoms with Crippen molar-refractivity contribution in [2.24, 2.45) is 0 Å². The summed E-state index contributed by atoms with van der Waals surface area (Å²) in [4.78, 5) is 24.9. The topological polar surface area (TPSA) is 58.6 Å². The molecule has 0 bridgehead atoms. The van der Waals surface area contributed by atoms with Crippen LogP contribution in [0.1, 0.15) is 38.7 Å². The second-order valence-electron chi connectivity index (χ2n) is 6.89. The fourth-order valence-electron chi connectivity index (χ4n) is 2.61. The Balaban J connectivity index is 2.01. The number of carbonyl (C=O) groups excluding carboxylic acids is 1. The van der Waals surface area contributed by atoms with E-state index in [2.05, 4.69) is 14.9 Å². The first-order valence-electron chi connectivity index (χ1n) is 7.69. The number of aryl methyl sites for hydroxylation is 2. The summed E-state index contributed by atoms with van der Waals surface area (Å²) in [5.41, 5.74) is 0.497. The SMILES string of the molecule is Cc1cc(N2CC[C@@H](N(C)C(=O)OC(C)(C)C)C2)nc(C)n1. The quantitative estimate of drug-likeness (QED) is 0.840. The number of rotatable bonds is 2. The van der Waals surface area contributed by atoms with Crippen LogP contribution in [0.15, 0.2) is 6.07 Å². The lowest BCUT2D eigenvalue weighted by atomic mass is 10.2. The fourth-order valence-corrected chi connectivity index (χ4v) is 2.61. The molecule has 1 aromatic rings. The van der Waals surface area contributed by atoms with Crippen molar-refractivity contribution < 1.29 is 9.53 Å². The number of ether oxygens (including phenoxy) is 1. The third-order valence-corrected chi connectivity index (χ3v) is 3.67. The van der Waals surface area contributed by atoms with E-state index < -0.39 is 5.60 Å². The van der Waals surface area contributed by atoms with E-state index in [1.54, 1.807) is 11.9 Å². The van der Waals surface area contributed by atoms with Gasteiger partial charge in [0, 0.05) is 31.9 Å². The lowest BCUT2D eigenvalue weighted by Crippen LogP contribution is -2.42. The van der Waals surface area contributed by atoms with E-state index in [9.17, 15) is 4.79 Å². The van der Waals surface area contributed by atoms with Crippen LogP contribution in [0.2, 0.25) is 0 Å². The Labute approximate surface area is 132 Å². The molecule has 1 amide bonds. The van der Waals surface area contributed by atoms with Crippen LogP contribution in [-0.2, 0) is 4.74 Å². The molecule has 1 saturated heterocycles. The van der Waals surface area contributed by atoms with Crippen molar-refractivity contribution in [2.75, 3.05) is 25.0 Å². The van der Waals surface area contributed by atoms with Gasteiger partial charge in [0.05, 0.1) is 6.04 Å². The average molecular weight is 306 g/mol. The standard InChI is InChI=1S/C16H26N4O2/c1-11-9-14(18-12(2)17-11)20-8-7-13(10-20)19(6)15(21)22-16(3,4)5/h9,13H,7-8,10H2,1-6H3/t13-/m1/s1. The zero-order valence-electron chi connectivity index (χ0n) is 14.4. The summed E-state index contributed by atoms with van der Waals surface area (Å²) in [5, 5.41) is 0. The van der Waals surface area contributed by atoms with Gasteiger partial charge in [0.25, 0.3) is 0 Å². The second-order valence-corrected chi connectivity index (χ2v) is 6.89. The van der Waals surface area contributed by atoms with Crippen LogP contribution < -0.4 is 4.90 Å². The molecule has 0 spiro atoms. The maximum atomic E-state index is 12.2. The highest BCUT2D eigenvalue weighted by Gasteiger charge is 2.31. The van der Waals surface area contributed by atoms with Crippen molar-refractivity contribution in [2.45, 2.75) is 52.7 Å². The summed E-state index contributed by atoms with van der Waals surface area (Å²) in [5.74, 6) is 1.71. The minimum atomic E-state index is -0.468. The van der Waals surface area contributed by atoms with Gasteiger partial charge in [0.15, 0.2) is 0 Å². The molecule has 0 saturated carbocycles. The monoisotopic (exact) mass is 306 g/mol. The lowest BCUT2D eigenvalue weighted by molar-refractivity contribution is 0.0238. The molecular formula is C16H26N4O2. The van der Waals surface area contributed by atoms with Crippen LogP contribution in [0, 0.1) is 13.8 Å². The Bertz CT molecular complexity index is 533. The Kier molecular flexibility index (Phi) is 4.58. The van der Waals surface area contributed by atoms with Crippen LogP contribution in [0.3, 0.4) is 0 Å². The smallest absolute Gasteiger partial charge is 0.410 e. The van der Waals surface area contributed by atoms with E-state index in [1.165, 1.54) is 0 Å². The summed E-state index contributed by atoms with van der Waals surface area (Å²) in [6, 6.07) is 2.13. The van der Waals surface area contributed by atoms with Crippen molar-refractivity contribution in [3.8, 4) is 0 Å². The second kappa shape index (κ2) is 6.10. The van der Waals surface area contributed by atoms with Gasteiger partial charge in [-0.15, -0.1) is 0 Å².